The van der Waals surface area contributed by atoms with Gasteiger partial charge in [0, 0.05) is 47.2 Å². The van der Waals surface area contributed by atoms with Crippen LogP contribution in [-0.4, -0.2) is 42.9 Å². The molecule has 1 aromatic heterocycles. The van der Waals surface area contributed by atoms with Crippen molar-refractivity contribution in [3.63, 3.8) is 0 Å². The molecule has 1 fully saturated rings. The lowest BCUT2D eigenvalue weighted by atomic mass is 10.1. The third-order valence-electron chi connectivity index (χ3n) is 5.59. The first-order chi connectivity index (χ1) is 15.8. The van der Waals surface area contributed by atoms with Crippen LogP contribution >= 0.6 is 27.5 Å². The van der Waals surface area contributed by atoms with Gasteiger partial charge in [-0.05, 0) is 42.5 Å². The Hall–Kier alpha value is -2.77. The average molecular weight is 531 g/mol. The average Bonchev–Trinajstić information content (AvgIpc) is 3.30. The van der Waals surface area contributed by atoms with Crippen LogP contribution in [-0.2, 0) is 4.79 Å². The minimum absolute atomic E-state index is 0.0162. The van der Waals surface area contributed by atoms with Crippen molar-refractivity contribution in [2.75, 3.05) is 36.4 Å². The maximum absolute atomic E-state index is 12.9. The Morgan fingerprint density at radius 1 is 1.00 bits per heavy atom. The van der Waals surface area contributed by atoms with Gasteiger partial charge in [-0.1, -0.05) is 53.5 Å². The second kappa shape index (κ2) is 10.0. The first-order valence-corrected chi connectivity index (χ1v) is 12.0. The summed E-state index contributed by atoms with van der Waals surface area (Å²) in [6.45, 7) is 6.47. The molecule has 0 radical (unpaired) electrons. The highest BCUT2D eigenvalue weighted by atomic mass is 79.9. The second-order valence-electron chi connectivity index (χ2n) is 8.25. The normalized spacial score (nSPS) is 14.0. The minimum Gasteiger partial charge on any atom is -0.451 e. The van der Waals surface area contributed by atoms with Crippen LogP contribution in [0.4, 0.5) is 11.4 Å². The lowest BCUT2D eigenvalue weighted by Crippen LogP contribution is -2.50. The Morgan fingerprint density at radius 2 is 1.70 bits per heavy atom. The molecule has 0 bridgehead atoms. The monoisotopic (exact) mass is 529 g/mol. The van der Waals surface area contributed by atoms with Gasteiger partial charge in [0.25, 0.3) is 5.91 Å². The van der Waals surface area contributed by atoms with E-state index in [4.69, 9.17) is 16.0 Å². The first-order valence-electron chi connectivity index (χ1n) is 10.8. The topological polar surface area (TPSA) is 65.8 Å². The number of benzene rings is 2. The van der Waals surface area contributed by atoms with Crippen LogP contribution in [0, 0.1) is 5.92 Å². The fraction of sp³-hybridized carbons (Fsp3) is 0.280. The van der Waals surface area contributed by atoms with Gasteiger partial charge in [-0.25, -0.2) is 0 Å². The van der Waals surface area contributed by atoms with E-state index < -0.39 is 0 Å². The molecule has 2 amide bonds. The van der Waals surface area contributed by atoms with Crippen molar-refractivity contribution in [2.24, 2.45) is 5.92 Å². The lowest BCUT2D eigenvalue weighted by molar-refractivity contribution is -0.134. The number of nitrogens with zero attached hydrogens (tertiary/aromatic N) is 2. The summed E-state index contributed by atoms with van der Waals surface area (Å²) in [5.74, 6) is 0.628. The van der Waals surface area contributed by atoms with Crippen LogP contribution in [0.5, 0.6) is 0 Å². The summed E-state index contributed by atoms with van der Waals surface area (Å²) in [7, 11) is 0. The SMILES string of the molecule is CC(C)C(=O)N1CCN(c2ccc(Cl)cc2NC(=O)c2ccc(-c3ccc(Br)cc3)o2)CC1. The van der Waals surface area contributed by atoms with Gasteiger partial charge in [-0.15, -0.1) is 0 Å². The highest BCUT2D eigenvalue weighted by Gasteiger charge is 2.25. The highest BCUT2D eigenvalue weighted by molar-refractivity contribution is 9.10. The molecule has 6 nitrogen and oxygen atoms in total. The summed E-state index contributed by atoms with van der Waals surface area (Å²) < 4.78 is 6.77. The molecule has 1 aliphatic rings. The summed E-state index contributed by atoms with van der Waals surface area (Å²) >= 11 is 9.65. The molecule has 1 aliphatic heterocycles. The van der Waals surface area contributed by atoms with E-state index in [0.717, 1.165) is 15.7 Å². The number of nitrogens with one attached hydrogen (secondary N) is 1. The highest BCUT2D eigenvalue weighted by Crippen LogP contribution is 2.31. The largest absolute Gasteiger partial charge is 0.451 e. The van der Waals surface area contributed by atoms with Crippen LogP contribution in [0.25, 0.3) is 11.3 Å². The standard InChI is InChI=1S/C25H25BrClN3O3/c1-16(2)25(32)30-13-11-29(12-14-30)21-8-7-19(27)15-20(21)28-24(31)23-10-9-22(33-23)17-3-5-18(26)6-4-17/h3-10,15-16H,11-14H2,1-2H3,(H,28,31). The molecule has 172 valence electrons. The molecule has 33 heavy (non-hydrogen) atoms. The molecule has 8 heteroatoms. The van der Waals surface area contributed by atoms with Crippen molar-refractivity contribution in [1.82, 2.24) is 4.90 Å². The first kappa shape index (κ1) is 23.4. The maximum Gasteiger partial charge on any atom is 0.291 e. The third kappa shape index (κ3) is 5.42. The molecule has 1 N–H and O–H groups in total. The fourth-order valence-corrected chi connectivity index (χ4v) is 4.27. The number of furan rings is 1. The number of halogens is 2. The zero-order valence-electron chi connectivity index (χ0n) is 18.5. The van der Waals surface area contributed by atoms with Crippen molar-refractivity contribution >= 4 is 50.7 Å². The Balaban J connectivity index is 1.49. The minimum atomic E-state index is -0.351. The predicted octanol–water partition coefficient (Wildman–Crippen LogP) is 5.92. The molecule has 3 aromatic rings. The number of carbonyl (C=O) groups excluding carboxylic acids is 2. The summed E-state index contributed by atoms with van der Waals surface area (Å²) in [4.78, 5) is 29.3. The maximum atomic E-state index is 12.9. The van der Waals surface area contributed by atoms with E-state index in [1.54, 1.807) is 24.3 Å². The third-order valence-corrected chi connectivity index (χ3v) is 6.36. The smallest absolute Gasteiger partial charge is 0.291 e. The van der Waals surface area contributed by atoms with Crippen molar-refractivity contribution in [3.8, 4) is 11.3 Å². The van der Waals surface area contributed by atoms with Gasteiger partial charge in [0.1, 0.15) is 5.76 Å². The predicted molar refractivity (Wildman–Crippen MR) is 135 cm³/mol. The van der Waals surface area contributed by atoms with Crippen molar-refractivity contribution < 1.29 is 14.0 Å². The van der Waals surface area contributed by atoms with Gasteiger partial charge < -0.3 is 19.5 Å². The molecule has 0 unspecified atom stereocenters. The molecular weight excluding hydrogens is 506 g/mol. The van der Waals surface area contributed by atoms with Crippen molar-refractivity contribution in [2.45, 2.75) is 13.8 Å². The summed E-state index contributed by atoms with van der Waals surface area (Å²) in [5, 5.41) is 3.47. The van der Waals surface area contributed by atoms with Crippen LogP contribution < -0.4 is 10.2 Å². The molecule has 0 saturated carbocycles. The molecule has 2 aromatic carbocycles. The van der Waals surface area contributed by atoms with E-state index in [2.05, 4.69) is 26.1 Å². The quantitative estimate of drug-likeness (QED) is 0.445. The Kier molecular flexibility index (Phi) is 7.10. The molecule has 2 heterocycles. The molecule has 1 saturated heterocycles. The zero-order valence-corrected chi connectivity index (χ0v) is 20.8. The van der Waals surface area contributed by atoms with Gasteiger partial charge in [0.05, 0.1) is 11.4 Å². The molecule has 0 spiro atoms. The summed E-state index contributed by atoms with van der Waals surface area (Å²) in [5.41, 5.74) is 2.36. The van der Waals surface area contributed by atoms with E-state index in [-0.39, 0.29) is 23.5 Å². The number of carbonyl (C=O) groups is 2. The van der Waals surface area contributed by atoms with Gasteiger partial charge >= 0.3 is 0 Å². The summed E-state index contributed by atoms with van der Waals surface area (Å²) in [6, 6.07) is 16.6. The van der Waals surface area contributed by atoms with E-state index in [1.165, 1.54) is 0 Å². The van der Waals surface area contributed by atoms with Crippen LogP contribution in [0.15, 0.2) is 63.5 Å². The molecule has 0 aliphatic carbocycles. The second-order valence-corrected chi connectivity index (χ2v) is 9.61. The van der Waals surface area contributed by atoms with Gasteiger partial charge in [0.2, 0.25) is 5.91 Å². The Bertz CT molecular complexity index is 1150. The van der Waals surface area contributed by atoms with Gasteiger partial charge in [-0.3, -0.25) is 9.59 Å². The fourth-order valence-electron chi connectivity index (χ4n) is 3.83. The number of rotatable bonds is 5. The van der Waals surface area contributed by atoms with Crippen LogP contribution in [0.1, 0.15) is 24.4 Å². The van der Waals surface area contributed by atoms with E-state index in [0.29, 0.717) is 42.6 Å². The number of amides is 2. The number of hydrogen-bond acceptors (Lipinski definition) is 4. The van der Waals surface area contributed by atoms with Crippen molar-refractivity contribution in [3.05, 3.63) is 69.9 Å². The van der Waals surface area contributed by atoms with E-state index >= 15 is 0 Å². The van der Waals surface area contributed by atoms with Crippen LogP contribution in [0.3, 0.4) is 0 Å². The molecular formula is C25H25BrClN3O3. The van der Waals surface area contributed by atoms with E-state index in [1.807, 2.05) is 49.1 Å². The number of hydrogen-bond donors (Lipinski definition) is 1. The zero-order chi connectivity index (χ0) is 23.5. The lowest BCUT2D eigenvalue weighted by Gasteiger charge is -2.37. The van der Waals surface area contributed by atoms with Gasteiger partial charge in [-0.2, -0.15) is 0 Å². The molecule has 4 rings (SSSR count). The van der Waals surface area contributed by atoms with Gasteiger partial charge in [0.15, 0.2) is 5.76 Å². The number of anilines is 2. The Morgan fingerprint density at radius 3 is 2.36 bits per heavy atom. The van der Waals surface area contributed by atoms with Crippen LogP contribution in [0.2, 0.25) is 5.02 Å². The Labute approximate surface area is 206 Å². The number of piperazine rings is 1. The van der Waals surface area contributed by atoms with Crippen molar-refractivity contribution in [1.29, 1.82) is 0 Å². The van der Waals surface area contributed by atoms with E-state index in [9.17, 15) is 9.59 Å². The molecule has 0 atom stereocenters. The summed E-state index contributed by atoms with van der Waals surface area (Å²) in [6.07, 6.45) is 0.